The van der Waals surface area contributed by atoms with Gasteiger partial charge in [0, 0.05) is 7.05 Å². The van der Waals surface area contributed by atoms with E-state index < -0.39 is 5.41 Å². The number of hydrogen-bond acceptors (Lipinski definition) is 3. The van der Waals surface area contributed by atoms with Crippen molar-refractivity contribution in [3.05, 3.63) is 63.3 Å². The predicted molar refractivity (Wildman–Crippen MR) is 95.0 cm³/mol. The van der Waals surface area contributed by atoms with Crippen LogP contribution >= 0.6 is 0 Å². The summed E-state index contributed by atoms with van der Waals surface area (Å²) in [6.07, 6.45) is 0.833. The summed E-state index contributed by atoms with van der Waals surface area (Å²) < 4.78 is 1.56. The van der Waals surface area contributed by atoms with Crippen molar-refractivity contribution >= 4 is 5.91 Å². The Kier molecular flexibility index (Phi) is 3.24. The fourth-order valence-electron chi connectivity index (χ4n) is 4.26. The van der Waals surface area contributed by atoms with Gasteiger partial charge in [-0.05, 0) is 24.3 Å². The smallest absolute Gasteiger partial charge is 0.258 e. The topological polar surface area (TPSA) is 55.2 Å². The molecule has 2 aromatic rings. The molecule has 4 rings (SSSR count). The van der Waals surface area contributed by atoms with Crippen LogP contribution in [-0.4, -0.2) is 20.4 Å². The Hall–Kier alpha value is -2.43. The first-order chi connectivity index (χ1) is 11.8. The lowest BCUT2D eigenvalue weighted by Crippen LogP contribution is -2.39. The first kappa shape index (κ1) is 16.1. The Bertz CT molecular complexity index is 930. The highest BCUT2D eigenvalue weighted by Gasteiger charge is 2.68. The van der Waals surface area contributed by atoms with Gasteiger partial charge in [0.1, 0.15) is 5.82 Å². The van der Waals surface area contributed by atoms with E-state index in [-0.39, 0.29) is 16.9 Å². The van der Waals surface area contributed by atoms with Gasteiger partial charge in [0.05, 0.1) is 29.8 Å². The summed E-state index contributed by atoms with van der Waals surface area (Å²) in [6, 6.07) is 10.0. The molecule has 1 amide bonds. The van der Waals surface area contributed by atoms with Gasteiger partial charge >= 0.3 is 0 Å². The van der Waals surface area contributed by atoms with Crippen LogP contribution < -0.4 is 5.56 Å². The third-order valence-corrected chi connectivity index (χ3v) is 6.04. The maximum atomic E-state index is 13.5. The number of nitrogens with zero attached hydrogens (tertiary/aromatic N) is 3. The van der Waals surface area contributed by atoms with E-state index >= 15 is 0 Å². The maximum Gasteiger partial charge on any atom is 0.258 e. The van der Waals surface area contributed by atoms with E-state index in [9.17, 15) is 9.59 Å². The highest BCUT2D eigenvalue weighted by Crippen LogP contribution is 2.65. The monoisotopic (exact) mass is 337 g/mol. The van der Waals surface area contributed by atoms with Crippen LogP contribution in [0.25, 0.3) is 0 Å². The van der Waals surface area contributed by atoms with E-state index in [4.69, 9.17) is 0 Å². The average molecular weight is 337 g/mol. The van der Waals surface area contributed by atoms with Crippen LogP contribution in [0.4, 0.5) is 0 Å². The zero-order chi connectivity index (χ0) is 18.0. The molecule has 0 unspecified atom stereocenters. The van der Waals surface area contributed by atoms with E-state index in [0.717, 1.165) is 17.7 Å². The Balaban J connectivity index is 1.71. The van der Waals surface area contributed by atoms with E-state index in [1.54, 1.807) is 16.5 Å². The van der Waals surface area contributed by atoms with Gasteiger partial charge in [-0.2, -0.15) is 0 Å². The summed E-state index contributed by atoms with van der Waals surface area (Å²) >= 11 is 0. The molecule has 0 bridgehead atoms. The summed E-state index contributed by atoms with van der Waals surface area (Å²) in [5, 5.41) is 0. The van der Waals surface area contributed by atoms with Crippen LogP contribution in [0.1, 0.15) is 42.9 Å². The van der Waals surface area contributed by atoms with Gasteiger partial charge in [-0.25, -0.2) is 4.98 Å². The summed E-state index contributed by atoms with van der Waals surface area (Å²) in [7, 11) is 1.73. The molecule has 0 spiro atoms. The predicted octanol–water partition coefficient (Wildman–Crippen LogP) is 2.30. The van der Waals surface area contributed by atoms with Gasteiger partial charge in [-0.3, -0.25) is 14.2 Å². The van der Waals surface area contributed by atoms with Crippen molar-refractivity contribution in [1.29, 1.82) is 0 Å². The molecular weight excluding hydrogens is 314 g/mol. The molecule has 1 atom stereocenters. The number of carbonyl (C=O) groups is 1. The van der Waals surface area contributed by atoms with Gasteiger partial charge in [-0.1, -0.05) is 44.2 Å². The lowest BCUT2D eigenvalue weighted by molar-refractivity contribution is -0.135. The number of benzene rings is 1. The summed E-state index contributed by atoms with van der Waals surface area (Å²) in [6.45, 7) is 6.89. The van der Waals surface area contributed by atoms with Gasteiger partial charge in [0.2, 0.25) is 5.91 Å². The Labute approximate surface area is 147 Å². The van der Waals surface area contributed by atoms with Crippen LogP contribution in [0.15, 0.2) is 35.1 Å². The second-order valence-electron chi connectivity index (χ2n) is 7.94. The summed E-state index contributed by atoms with van der Waals surface area (Å²) in [5.41, 5.74) is 1.86. The van der Waals surface area contributed by atoms with Crippen LogP contribution in [-0.2, 0) is 30.3 Å². The first-order valence-corrected chi connectivity index (χ1v) is 8.68. The van der Waals surface area contributed by atoms with Crippen molar-refractivity contribution < 1.29 is 4.79 Å². The van der Waals surface area contributed by atoms with Crippen LogP contribution in [0.3, 0.4) is 0 Å². The molecule has 25 heavy (non-hydrogen) atoms. The van der Waals surface area contributed by atoms with Crippen molar-refractivity contribution in [2.75, 3.05) is 0 Å². The number of aromatic nitrogens is 2. The first-order valence-electron chi connectivity index (χ1n) is 8.68. The number of aryl methyl sites for hydroxylation is 1. The normalized spacial score (nSPS) is 23.4. The maximum absolute atomic E-state index is 13.5. The third-order valence-electron chi connectivity index (χ3n) is 6.04. The number of amides is 1. The molecule has 1 fully saturated rings. The van der Waals surface area contributed by atoms with Crippen LogP contribution in [0, 0.1) is 12.3 Å². The van der Waals surface area contributed by atoms with Gasteiger partial charge < -0.3 is 4.90 Å². The van der Waals surface area contributed by atoms with E-state index in [1.807, 2.05) is 37.3 Å². The van der Waals surface area contributed by atoms with Crippen molar-refractivity contribution in [3.63, 3.8) is 0 Å². The van der Waals surface area contributed by atoms with Crippen LogP contribution in [0.5, 0.6) is 0 Å². The minimum absolute atomic E-state index is 0.0402. The van der Waals surface area contributed by atoms with Crippen LogP contribution in [0.2, 0.25) is 0 Å². The van der Waals surface area contributed by atoms with E-state index in [1.165, 1.54) is 0 Å². The highest BCUT2D eigenvalue weighted by molar-refractivity contribution is 5.93. The molecule has 1 aromatic carbocycles. The second kappa shape index (κ2) is 5.04. The van der Waals surface area contributed by atoms with Gasteiger partial charge in [-0.15, -0.1) is 0 Å². The Morgan fingerprint density at radius 3 is 2.40 bits per heavy atom. The fraction of sp³-hybridized carbons (Fsp3) is 0.450. The number of hydrogen-bond donors (Lipinski definition) is 0. The highest BCUT2D eigenvalue weighted by atomic mass is 16.2. The van der Waals surface area contributed by atoms with Gasteiger partial charge in [0.15, 0.2) is 0 Å². The SMILES string of the molecule is Cc1nc2c(c(=O)n1C)CN(C(=O)[C@@]1(c3ccccc3)CC1(C)C)C2. The minimum Gasteiger partial charge on any atom is -0.331 e. The molecule has 2 aliphatic rings. The molecule has 1 aliphatic carbocycles. The molecular formula is C20H23N3O2. The third kappa shape index (κ3) is 2.11. The lowest BCUT2D eigenvalue weighted by atomic mass is 9.86. The fourth-order valence-corrected chi connectivity index (χ4v) is 4.26. The Morgan fingerprint density at radius 1 is 1.16 bits per heavy atom. The zero-order valence-electron chi connectivity index (χ0n) is 15.2. The molecule has 0 radical (unpaired) electrons. The number of carbonyl (C=O) groups excluding carboxylic acids is 1. The molecule has 1 aromatic heterocycles. The lowest BCUT2D eigenvalue weighted by Gasteiger charge is -2.26. The molecule has 0 saturated heterocycles. The standard InChI is InChI=1S/C20H23N3O2/c1-13-21-16-11-23(10-15(16)17(24)22(13)4)18(25)20(12-19(20,2)3)14-8-6-5-7-9-14/h5-9H,10-12H2,1-4H3/t20-/m0/s1. The van der Waals surface area contributed by atoms with Crippen molar-refractivity contribution in [2.24, 2.45) is 12.5 Å². The van der Waals surface area contributed by atoms with E-state index in [0.29, 0.717) is 24.5 Å². The Morgan fingerprint density at radius 2 is 1.80 bits per heavy atom. The number of rotatable bonds is 2. The molecule has 5 heteroatoms. The van der Waals surface area contributed by atoms with Crippen molar-refractivity contribution in [1.82, 2.24) is 14.5 Å². The average Bonchev–Trinajstić information content (AvgIpc) is 2.96. The molecule has 1 aliphatic heterocycles. The quantitative estimate of drug-likeness (QED) is 0.845. The van der Waals surface area contributed by atoms with Crippen molar-refractivity contribution in [3.8, 4) is 0 Å². The minimum atomic E-state index is -0.490. The summed E-state index contributed by atoms with van der Waals surface area (Å²) in [5.74, 6) is 0.795. The molecule has 0 N–H and O–H groups in total. The second-order valence-corrected chi connectivity index (χ2v) is 7.94. The summed E-state index contributed by atoms with van der Waals surface area (Å²) in [4.78, 5) is 32.3. The molecule has 130 valence electrons. The molecule has 2 heterocycles. The largest absolute Gasteiger partial charge is 0.331 e. The van der Waals surface area contributed by atoms with E-state index in [2.05, 4.69) is 18.8 Å². The van der Waals surface area contributed by atoms with Crippen molar-refractivity contribution in [2.45, 2.75) is 45.7 Å². The molecule has 5 nitrogen and oxygen atoms in total. The van der Waals surface area contributed by atoms with Gasteiger partial charge in [0.25, 0.3) is 5.56 Å². The molecule has 1 saturated carbocycles. The zero-order valence-corrected chi connectivity index (χ0v) is 15.2. The number of fused-ring (bicyclic) bond motifs is 1.